The van der Waals surface area contributed by atoms with Crippen LogP contribution in [0, 0.1) is 0 Å². The van der Waals surface area contributed by atoms with E-state index in [-0.39, 0.29) is 12.7 Å². The van der Waals surface area contributed by atoms with Crippen LogP contribution >= 0.6 is 7.82 Å². The maximum atomic E-state index is 10.5. The number of phosphoric ester groups is 1. The molecule has 3 N–H and O–H groups in total. The van der Waals surface area contributed by atoms with Crippen molar-refractivity contribution in [1.29, 1.82) is 0 Å². The lowest BCUT2D eigenvalue weighted by Gasteiger charge is -2.16. The van der Waals surface area contributed by atoms with Gasteiger partial charge in [0.1, 0.15) is 12.2 Å². The molecule has 1 unspecified atom stereocenters. The van der Waals surface area contributed by atoms with Crippen LogP contribution in [0.2, 0.25) is 0 Å². The minimum Gasteiger partial charge on any atom is -0.394 e. The number of hydrogen-bond acceptors (Lipinski definition) is 4. The fourth-order valence-corrected chi connectivity index (χ4v) is 1.94. The minimum absolute atomic E-state index is 0.145. The van der Waals surface area contributed by atoms with E-state index in [1.807, 2.05) is 0 Å². The van der Waals surface area contributed by atoms with Gasteiger partial charge in [0, 0.05) is 6.42 Å². The zero-order valence-electron chi connectivity index (χ0n) is 7.16. The molecule has 13 heavy (non-hydrogen) atoms. The van der Waals surface area contributed by atoms with Gasteiger partial charge in [0.25, 0.3) is 0 Å². The van der Waals surface area contributed by atoms with E-state index in [2.05, 4.69) is 4.52 Å². The average Bonchev–Trinajstić information content (AvgIpc) is 2.27. The highest BCUT2D eigenvalue weighted by Crippen LogP contribution is 2.41. The van der Waals surface area contributed by atoms with E-state index in [1.165, 1.54) is 0 Å². The van der Waals surface area contributed by atoms with Gasteiger partial charge in [-0.2, -0.15) is 0 Å². The van der Waals surface area contributed by atoms with Crippen molar-refractivity contribution in [2.75, 3.05) is 6.61 Å². The summed E-state index contributed by atoms with van der Waals surface area (Å²) in [7, 11) is -4.48. The quantitative estimate of drug-likeness (QED) is 0.552. The Kier molecular flexibility index (Phi) is 3.45. The second kappa shape index (κ2) is 4.04. The van der Waals surface area contributed by atoms with Crippen LogP contribution in [0.5, 0.6) is 0 Å². The molecule has 3 atom stereocenters. The summed E-state index contributed by atoms with van der Waals surface area (Å²) in [6, 6.07) is 0. The normalized spacial score (nSPS) is 35.2. The molecule has 1 aliphatic rings. The van der Waals surface area contributed by atoms with Gasteiger partial charge in [-0.1, -0.05) is 0 Å². The lowest BCUT2D eigenvalue weighted by atomic mass is 10.1. The molecule has 0 radical (unpaired) electrons. The maximum Gasteiger partial charge on any atom is 0.469 e. The Hall–Kier alpha value is 0.0300. The highest BCUT2D eigenvalue weighted by molar-refractivity contribution is 7.46. The van der Waals surface area contributed by atoms with Crippen LogP contribution in [0.25, 0.3) is 0 Å². The monoisotopic (exact) mass is 212 g/mol. The first-order chi connectivity index (χ1) is 5.92. The molecule has 78 valence electrons. The third-order valence-electron chi connectivity index (χ3n) is 1.84. The number of ether oxygens (including phenoxy) is 1. The van der Waals surface area contributed by atoms with E-state index in [0.29, 0.717) is 6.42 Å². The lowest BCUT2D eigenvalue weighted by molar-refractivity contribution is -0.0168. The van der Waals surface area contributed by atoms with Gasteiger partial charge in [-0.15, -0.1) is 0 Å². The van der Waals surface area contributed by atoms with Crippen LogP contribution in [0.15, 0.2) is 0 Å². The van der Waals surface area contributed by atoms with Gasteiger partial charge in [0.2, 0.25) is 0 Å². The van der Waals surface area contributed by atoms with Gasteiger partial charge in [-0.3, -0.25) is 4.52 Å². The smallest absolute Gasteiger partial charge is 0.394 e. The van der Waals surface area contributed by atoms with Gasteiger partial charge in [-0.25, -0.2) is 4.57 Å². The van der Waals surface area contributed by atoms with Crippen molar-refractivity contribution in [2.45, 2.75) is 31.7 Å². The standard InChI is InChI=1S/C6H13O6P/c1-4-2-5(6(3-7)11-4)12-13(8,9)10/h4-7H,2-3H2,1H3,(H2,8,9,10)/t4-,5?,6+/m0/s1. The Labute approximate surface area is 75.7 Å². The topological polar surface area (TPSA) is 96.2 Å². The molecule has 0 aliphatic carbocycles. The molecule has 0 spiro atoms. The average molecular weight is 212 g/mol. The maximum absolute atomic E-state index is 10.5. The SMILES string of the molecule is C[C@H]1CC(OP(=O)(O)O)[C@@H](CO)O1. The molecule has 1 fully saturated rings. The Morgan fingerprint density at radius 3 is 2.69 bits per heavy atom. The van der Waals surface area contributed by atoms with Crippen LogP contribution < -0.4 is 0 Å². The minimum atomic E-state index is -4.48. The van der Waals surface area contributed by atoms with Gasteiger partial charge in [0.05, 0.1) is 12.7 Å². The van der Waals surface area contributed by atoms with E-state index >= 15 is 0 Å². The molecule has 0 aromatic heterocycles. The van der Waals surface area contributed by atoms with Crippen LogP contribution in [0.4, 0.5) is 0 Å². The summed E-state index contributed by atoms with van der Waals surface area (Å²) < 4.78 is 20.1. The highest BCUT2D eigenvalue weighted by atomic mass is 31.2. The van der Waals surface area contributed by atoms with Crippen molar-refractivity contribution in [2.24, 2.45) is 0 Å². The lowest BCUT2D eigenvalue weighted by Crippen LogP contribution is -2.26. The van der Waals surface area contributed by atoms with Crippen LogP contribution in [-0.2, 0) is 13.8 Å². The Balaban J connectivity index is 2.54. The van der Waals surface area contributed by atoms with E-state index < -0.39 is 20.0 Å². The molecule has 1 heterocycles. The predicted octanol–water partition coefficient (Wildman–Crippen LogP) is -0.366. The van der Waals surface area contributed by atoms with Crippen LogP contribution in [-0.4, -0.2) is 39.8 Å². The number of rotatable bonds is 3. The summed E-state index contributed by atoms with van der Waals surface area (Å²) in [6.45, 7) is 1.46. The number of phosphoric acid groups is 1. The van der Waals surface area contributed by atoms with Gasteiger partial charge in [-0.05, 0) is 6.92 Å². The fourth-order valence-electron chi connectivity index (χ4n) is 1.37. The van der Waals surface area contributed by atoms with Crippen molar-refractivity contribution in [3.05, 3.63) is 0 Å². The Morgan fingerprint density at radius 1 is 1.62 bits per heavy atom. The van der Waals surface area contributed by atoms with Gasteiger partial charge >= 0.3 is 7.82 Å². The molecular weight excluding hydrogens is 199 g/mol. The van der Waals surface area contributed by atoms with Crippen LogP contribution in [0.1, 0.15) is 13.3 Å². The first-order valence-electron chi connectivity index (χ1n) is 3.92. The molecule has 0 aromatic carbocycles. The fraction of sp³-hybridized carbons (Fsp3) is 1.00. The second-order valence-corrected chi connectivity index (χ2v) is 4.23. The van der Waals surface area contributed by atoms with Crippen molar-refractivity contribution < 1.29 is 28.7 Å². The summed E-state index contributed by atoms with van der Waals surface area (Å²) in [6.07, 6.45) is -1.12. The second-order valence-electron chi connectivity index (χ2n) is 3.04. The molecule has 0 amide bonds. The van der Waals surface area contributed by atoms with Gasteiger partial charge in [0.15, 0.2) is 0 Å². The van der Waals surface area contributed by atoms with E-state index in [4.69, 9.17) is 19.6 Å². The van der Waals surface area contributed by atoms with Crippen molar-refractivity contribution in [1.82, 2.24) is 0 Å². The molecule has 1 rings (SSSR count). The number of aliphatic hydroxyl groups excluding tert-OH is 1. The summed E-state index contributed by atoms with van der Waals surface area (Å²) in [5, 5.41) is 8.79. The third-order valence-corrected chi connectivity index (χ3v) is 2.38. The largest absolute Gasteiger partial charge is 0.469 e. The number of hydrogen-bond donors (Lipinski definition) is 3. The predicted molar refractivity (Wildman–Crippen MR) is 43.0 cm³/mol. The zero-order chi connectivity index (χ0) is 10.1. The number of aliphatic hydroxyl groups is 1. The van der Waals surface area contributed by atoms with E-state index in [9.17, 15) is 4.57 Å². The molecular formula is C6H13O6P. The molecule has 0 aromatic rings. The van der Waals surface area contributed by atoms with Crippen molar-refractivity contribution >= 4 is 7.82 Å². The molecule has 1 aliphatic heterocycles. The Morgan fingerprint density at radius 2 is 2.23 bits per heavy atom. The molecule has 6 nitrogen and oxygen atoms in total. The molecule has 0 saturated carbocycles. The molecule has 0 bridgehead atoms. The van der Waals surface area contributed by atoms with Gasteiger partial charge < -0.3 is 19.6 Å². The summed E-state index contributed by atoms with van der Waals surface area (Å²) in [5.41, 5.74) is 0. The van der Waals surface area contributed by atoms with Crippen molar-refractivity contribution in [3.63, 3.8) is 0 Å². The zero-order valence-corrected chi connectivity index (χ0v) is 8.05. The summed E-state index contributed by atoms with van der Waals surface area (Å²) in [5.74, 6) is 0. The van der Waals surface area contributed by atoms with Crippen molar-refractivity contribution in [3.8, 4) is 0 Å². The first kappa shape index (κ1) is 11.1. The summed E-state index contributed by atoms with van der Waals surface area (Å²) >= 11 is 0. The highest BCUT2D eigenvalue weighted by Gasteiger charge is 2.37. The third kappa shape index (κ3) is 3.34. The van der Waals surface area contributed by atoms with E-state index in [1.54, 1.807) is 6.92 Å². The Bertz CT molecular complexity index is 213. The van der Waals surface area contributed by atoms with Crippen LogP contribution in [0.3, 0.4) is 0 Å². The van der Waals surface area contributed by atoms with E-state index in [0.717, 1.165) is 0 Å². The molecule has 1 saturated heterocycles. The summed E-state index contributed by atoms with van der Waals surface area (Å²) in [4.78, 5) is 17.1. The first-order valence-corrected chi connectivity index (χ1v) is 5.45. The molecule has 7 heteroatoms.